The molecule has 0 aliphatic carbocycles. The summed E-state index contributed by atoms with van der Waals surface area (Å²) in [5.74, 6) is 0.900. The van der Waals surface area contributed by atoms with Crippen LogP contribution in [0.15, 0.2) is 65.1 Å². The Kier molecular flexibility index (Phi) is 7.70. The molecule has 0 bridgehead atoms. The zero-order chi connectivity index (χ0) is 24.1. The lowest BCUT2D eigenvalue weighted by atomic mass is 10.0. The molecule has 0 unspecified atom stereocenters. The maximum Gasteiger partial charge on any atom is 0.250 e. The molecule has 1 fully saturated rings. The van der Waals surface area contributed by atoms with Crippen LogP contribution >= 0.6 is 23.8 Å². The molecule has 1 aromatic heterocycles. The highest BCUT2D eigenvalue weighted by atomic mass is 35.5. The van der Waals surface area contributed by atoms with Crippen molar-refractivity contribution in [2.75, 3.05) is 16.8 Å². The molecule has 0 saturated carbocycles. The zero-order valence-corrected chi connectivity index (χ0v) is 20.9. The van der Waals surface area contributed by atoms with Crippen LogP contribution in [0.1, 0.15) is 37.5 Å². The SMILES string of the molecule is Cc1ccc(-c2ccc(/C=C/C(=O)NC(=S)Nc3ccc(N4CCCC[C@H]4C)cc3)o2)cc1Cl. The quantitative estimate of drug-likeness (QED) is 0.302. The van der Waals surface area contributed by atoms with Gasteiger partial charge in [0.1, 0.15) is 11.5 Å². The van der Waals surface area contributed by atoms with Crippen LogP contribution in [-0.2, 0) is 4.79 Å². The van der Waals surface area contributed by atoms with E-state index >= 15 is 0 Å². The van der Waals surface area contributed by atoms with Crippen LogP contribution < -0.4 is 15.5 Å². The number of hydrogen-bond donors (Lipinski definition) is 2. The van der Waals surface area contributed by atoms with Gasteiger partial charge < -0.3 is 14.6 Å². The lowest BCUT2D eigenvalue weighted by Gasteiger charge is -2.35. The van der Waals surface area contributed by atoms with Gasteiger partial charge in [0.15, 0.2) is 5.11 Å². The third kappa shape index (κ3) is 6.07. The summed E-state index contributed by atoms with van der Waals surface area (Å²) in [4.78, 5) is 14.7. The lowest BCUT2D eigenvalue weighted by molar-refractivity contribution is -0.115. The van der Waals surface area contributed by atoms with E-state index in [1.807, 2.05) is 43.3 Å². The van der Waals surface area contributed by atoms with E-state index in [4.69, 9.17) is 28.2 Å². The summed E-state index contributed by atoms with van der Waals surface area (Å²) in [5, 5.41) is 6.64. The van der Waals surface area contributed by atoms with Crippen LogP contribution in [0.4, 0.5) is 11.4 Å². The monoisotopic (exact) mass is 493 g/mol. The summed E-state index contributed by atoms with van der Waals surface area (Å²) in [6, 6.07) is 18.1. The number of hydrogen-bond acceptors (Lipinski definition) is 4. The topological polar surface area (TPSA) is 57.5 Å². The number of amides is 1. The number of benzene rings is 2. The van der Waals surface area contributed by atoms with Crippen molar-refractivity contribution in [3.05, 3.63) is 77.0 Å². The van der Waals surface area contributed by atoms with Gasteiger partial charge in [-0.15, -0.1) is 0 Å². The molecule has 1 aliphatic rings. The third-order valence-electron chi connectivity index (χ3n) is 5.98. The largest absolute Gasteiger partial charge is 0.457 e. The number of nitrogens with one attached hydrogen (secondary N) is 2. The summed E-state index contributed by atoms with van der Waals surface area (Å²) in [6.07, 6.45) is 6.74. The molecule has 2 aromatic carbocycles. The summed E-state index contributed by atoms with van der Waals surface area (Å²) in [5.41, 5.74) is 3.92. The molecule has 2 heterocycles. The second-order valence-corrected chi connectivity index (χ2v) is 9.34. The number of aryl methyl sites for hydroxylation is 1. The third-order valence-corrected chi connectivity index (χ3v) is 6.59. The number of nitrogens with zero attached hydrogens (tertiary/aromatic N) is 1. The highest BCUT2D eigenvalue weighted by Crippen LogP contribution is 2.28. The Labute approximate surface area is 210 Å². The molecule has 0 radical (unpaired) electrons. The summed E-state index contributed by atoms with van der Waals surface area (Å²) in [7, 11) is 0. The first kappa shape index (κ1) is 24.0. The minimum Gasteiger partial charge on any atom is -0.457 e. The van der Waals surface area contributed by atoms with E-state index in [0.717, 1.165) is 23.4 Å². The average molecular weight is 494 g/mol. The van der Waals surface area contributed by atoms with Crippen LogP contribution in [0.2, 0.25) is 5.02 Å². The highest BCUT2D eigenvalue weighted by Gasteiger charge is 2.18. The van der Waals surface area contributed by atoms with Crippen molar-refractivity contribution in [3.8, 4) is 11.3 Å². The summed E-state index contributed by atoms with van der Waals surface area (Å²) >= 11 is 11.5. The molecule has 5 nitrogen and oxygen atoms in total. The van der Waals surface area contributed by atoms with Gasteiger partial charge >= 0.3 is 0 Å². The Balaban J connectivity index is 1.29. The van der Waals surface area contributed by atoms with Crippen molar-refractivity contribution < 1.29 is 9.21 Å². The molecule has 0 spiro atoms. The number of piperidine rings is 1. The average Bonchev–Trinajstić information content (AvgIpc) is 3.29. The molecule has 1 saturated heterocycles. The fourth-order valence-corrected chi connectivity index (χ4v) is 4.43. The van der Waals surface area contributed by atoms with Crippen LogP contribution in [-0.4, -0.2) is 23.6 Å². The molecule has 3 aromatic rings. The van der Waals surface area contributed by atoms with Gasteiger partial charge in [0.25, 0.3) is 0 Å². The number of furan rings is 1. The van der Waals surface area contributed by atoms with Gasteiger partial charge in [0.2, 0.25) is 5.91 Å². The number of thiocarbonyl (C=S) groups is 1. The van der Waals surface area contributed by atoms with Crippen LogP contribution in [0.5, 0.6) is 0 Å². The molecule has 2 N–H and O–H groups in total. The van der Waals surface area contributed by atoms with Gasteiger partial charge in [0, 0.05) is 40.6 Å². The number of carbonyl (C=O) groups is 1. The Morgan fingerprint density at radius 2 is 1.94 bits per heavy atom. The molecule has 1 atom stereocenters. The molecule has 1 aliphatic heterocycles. The fraction of sp³-hybridized carbons (Fsp3) is 0.259. The number of halogens is 1. The van der Waals surface area contributed by atoms with E-state index in [-0.39, 0.29) is 11.0 Å². The van der Waals surface area contributed by atoms with Crippen molar-refractivity contribution in [2.24, 2.45) is 0 Å². The Morgan fingerprint density at radius 3 is 2.68 bits per heavy atom. The molecule has 1 amide bonds. The molecular formula is C27H28ClN3O2S. The van der Waals surface area contributed by atoms with Crippen molar-refractivity contribution >= 4 is 52.3 Å². The van der Waals surface area contributed by atoms with Gasteiger partial charge in [-0.25, -0.2) is 0 Å². The molecule has 176 valence electrons. The number of anilines is 2. The van der Waals surface area contributed by atoms with E-state index in [0.29, 0.717) is 22.6 Å². The first-order chi connectivity index (χ1) is 16.4. The van der Waals surface area contributed by atoms with Crippen LogP contribution in [0.3, 0.4) is 0 Å². The predicted molar refractivity (Wildman–Crippen MR) is 144 cm³/mol. The Morgan fingerprint density at radius 1 is 1.15 bits per heavy atom. The van der Waals surface area contributed by atoms with E-state index in [9.17, 15) is 4.79 Å². The second-order valence-electron chi connectivity index (χ2n) is 8.53. The summed E-state index contributed by atoms with van der Waals surface area (Å²) < 4.78 is 5.81. The number of carbonyl (C=O) groups excluding carboxylic acids is 1. The van der Waals surface area contributed by atoms with E-state index in [1.165, 1.54) is 31.0 Å². The maximum absolute atomic E-state index is 12.3. The molecular weight excluding hydrogens is 466 g/mol. The molecule has 4 rings (SSSR count). The van der Waals surface area contributed by atoms with Crippen LogP contribution in [0.25, 0.3) is 17.4 Å². The number of rotatable bonds is 5. The molecule has 7 heteroatoms. The first-order valence-electron chi connectivity index (χ1n) is 11.4. The van der Waals surface area contributed by atoms with E-state index in [1.54, 1.807) is 12.1 Å². The van der Waals surface area contributed by atoms with Crippen molar-refractivity contribution in [1.29, 1.82) is 0 Å². The second kappa shape index (κ2) is 10.9. The zero-order valence-electron chi connectivity index (χ0n) is 19.3. The Hall–Kier alpha value is -3.09. The molecule has 34 heavy (non-hydrogen) atoms. The highest BCUT2D eigenvalue weighted by molar-refractivity contribution is 7.80. The Bertz CT molecular complexity index is 1200. The first-order valence-corrected chi connectivity index (χ1v) is 12.2. The smallest absolute Gasteiger partial charge is 0.250 e. The van der Waals surface area contributed by atoms with Gasteiger partial charge in [-0.3, -0.25) is 10.1 Å². The maximum atomic E-state index is 12.3. The lowest BCUT2D eigenvalue weighted by Crippen LogP contribution is -2.37. The van der Waals surface area contributed by atoms with Gasteiger partial charge in [-0.1, -0.05) is 23.7 Å². The fourth-order valence-electron chi connectivity index (χ4n) is 4.04. The van der Waals surface area contributed by atoms with Crippen molar-refractivity contribution in [1.82, 2.24) is 5.32 Å². The van der Waals surface area contributed by atoms with E-state index in [2.05, 4.69) is 34.6 Å². The van der Waals surface area contributed by atoms with Crippen molar-refractivity contribution in [3.63, 3.8) is 0 Å². The van der Waals surface area contributed by atoms with Crippen LogP contribution in [0, 0.1) is 6.92 Å². The minimum absolute atomic E-state index is 0.239. The normalized spacial score (nSPS) is 16.0. The van der Waals surface area contributed by atoms with E-state index < -0.39 is 0 Å². The van der Waals surface area contributed by atoms with Gasteiger partial charge in [-0.05, 0) is 99.4 Å². The van der Waals surface area contributed by atoms with Gasteiger partial charge in [0.05, 0.1) is 0 Å². The summed E-state index contributed by atoms with van der Waals surface area (Å²) in [6.45, 7) is 5.31. The van der Waals surface area contributed by atoms with Gasteiger partial charge in [-0.2, -0.15) is 0 Å². The standard InChI is InChI=1S/C27H28ClN3O2S/c1-18-6-7-20(17-24(18)28)25-14-12-23(33-25)13-15-26(32)30-27(34)29-21-8-10-22(11-9-21)31-16-4-3-5-19(31)2/h6-15,17,19H,3-5,16H2,1-2H3,(H2,29,30,32,34)/b15-13+/t19-/m1/s1. The predicted octanol–water partition coefficient (Wildman–Crippen LogP) is 6.81. The minimum atomic E-state index is -0.340. The van der Waals surface area contributed by atoms with Crippen molar-refractivity contribution in [2.45, 2.75) is 39.2 Å².